The molecule has 1 aromatic heterocycles. The molecule has 5 heteroatoms. The van der Waals surface area contributed by atoms with Crippen LogP contribution in [0.2, 0.25) is 0 Å². The van der Waals surface area contributed by atoms with Crippen LogP contribution < -0.4 is 4.57 Å². The number of hydrogen-bond acceptors (Lipinski definition) is 2. The van der Waals surface area contributed by atoms with E-state index in [9.17, 15) is 0 Å². The molecule has 80 valence electrons. The fourth-order valence-corrected chi connectivity index (χ4v) is 1.10. The molecule has 0 unspecified atom stereocenters. The van der Waals surface area contributed by atoms with Gasteiger partial charge in [0, 0.05) is 6.92 Å². The topological polar surface area (TPSA) is 67.3 Å². The van der Waals surface area contributed by atoms with E-state index >= 15 is 0 Å². The molecule has 0 bridgehead atoms. The fourth-order valence-electron chi connectivity index (χ4n) is 1.10. The normalized spacial score (nSPS) is 8.13. The van der Waals surface area contributed by atoms with Crippen LogP contribution in [-0.2, 0) is 13.6 Å². The highest BCUT2D eigenvalue weighted by atomic mass is 15.1. The second-order valence-corrected chi connectivity index (χ2v) is 2.96. The maximum Gasteiger partial charge on any atom is 0.253 e. The van der Waals surface area contributed by atoms with Gasteiger partial charge in [0.15, 0.2) is 0 Å². The monoisotopic (exact) mass is 205 g/mol. The average molecular weight is 205 g/mol. The van der Waals surface area contributed by atoms with Crippen molar-refractivity contribution in [2.45, 2.75) is 26.8 Å². The number of aromatic nitrogens is 2. The van der Waals surface area contributed by atoms with Gasteiger partial charge in [-0.2, -0.15) is 5.26 Å². The van der Waals surface area contributed by atoms with Gasteiger partial charge in [0.05, 0.1) is 19.8 Å². The standard InChI is InChI=1S/C8H15N2.C2N3/c1-4-5-10-7-6-9(3)8(10)2;3-1-5-2-4/h6-7H,4-5H2,1-3H3;/q+1;-1. The molecule has 0 atom stereocenters. The van der Waals surface area contributed by atoms with Crippen molar-refractivity contribution in [3.63, 3.8) is 0 Å². The third-order valence-electron chi connectivity index (χ3n) is 1.96. The summed E-state index contributed by atoms with van der Waals surface area (Å²) in [7, 11) is 2.07. The van der Waals surface area contributed by atoms with E-state index in [4.69, 9.17) is 10.7 Å². The van der Waals surface area contributed by atoms with Crippen LogP contribution in [0.4, 0.5) is 0 Å². The van der Waals surface area contributed by atoms with Crippen LogP contribution in [0.3, 0.4) is 0 Å². The van der Waals surface area contributed by atoms with E-state index in [0.717, 1.165) is 6.54 Å². The molecule has 0 fully saturated rings. The number of aryl methyl sites for hydroxylation is 2. The SMILES string of the molecule is CCCn1cc[n+](C)c1C.N#CN=C=[N-]. The van der Waals surface area contributed by atoms with E-state index in [1.165, 1.54) is 24.4 Å². The van der Waals surface area contributed by atoms with Crippen molar-refractivity contribution in [3.05, 3.63) is 23.6 Å². The van der Waals surface area contributed by atoms with Crippen LogP contribution >= 0.6 is 0 Å². The molecule has 0 N–H and O–H groups in total. The highest BCUT2D eigenvalue weighted by Gasteiger charge is 2.05. The van der Waals surface area contributed by atoms with Gasteiger partial charge >= 0.3 is 0 Å². The molecule has 0 aliphatic carbocycles. The first-order valence-electron chi connectivity index (χ1n) is 4.66. The average Bonchev–Trinajstić information content (AvgIpc) is 2.53. The summed E-state index contributed by atoms with van der Waals surface area (Å²) in [5.74, 6) is 1.32. The van der Waals surface area contributed by atoms with Gasteiger partial charge in [-0.15, -0.1) is 6.01 Å². The Labute approximate surface area is 89.8 Å². The smallest absolute Gasteiger partial charge is 0.253 e. The molecular formula is C10H15N5. The lowest BCUT2D eigenvalue weighted by atomic mass is 10.5. The Bertz CT molecular complexity index is 379. The molecule has 1 aromatic rings. The van der Waals surface area contributed by atoms with Gasteiger partial charge in [-0.1, -0.05) is 6.92 Å². The summed E-state index contributed by atoms with van der Waals surface area (Å²) in [5, 5.41) is 14.9. The van der Waals surface area contributed by atoms with Crippen LogP contribution in [0, 0.1) is 18.4 Å². The first kappa shape index (κ1) is 13.1. The molecule has 0 saturated heterocycles. The first-order chi connectivity index (χ1) is 7.17. The maximum absolute atomic E-state index is 7.43. The van der Waals surface area contributed by atoms with Crippen molar-refractivity contribution in [3.8, 4) is 6.19 Å². The Kier molecular flexibility index (Phi) is 6.52. The minimum Gasteiger partial charge on any atom is -0.422 e. The molecule has 15 heavy (non-hydrogen) atoms. The number of imidazole rings is 1. The van der Waals surface area contributed by atoms with Gasteiger partial charge in [0.1, 0.15) is 12.4 Å². The Morgan fingerprint density at radius 3 is 2.60 bits per heavy atom. The van der Waals surface area contributed by atoms with Gasteiger partial charge in [0.2, 0.25) is 0 Å². The Morgan fingerprint density at radius 1 is 1.67 bits per heavy atom. The lowest BCUT2D eigenvalue weighted by molar-refractivity contribution is -0.677. The number of nitriles is 1. The van der Waals surface area contributed by atoms with Gasteiger partial charge in [-0.3, -0.25) is 0 Å². The Hall–Kier alpha value is -1.92. The van der Waals surface area contributed by atoms with Crippen molar-refractivity contribution in [1.29, 1.82) is 5.26 Å². The highest BCUT2D eigenvalue weighted by molar-refractivity contribution is 5.46. The molecular weight excluding hydrogens is 190 g/mol. The van der Waals surface area contributed by atoms with E-state index in [-0.39, 0.29) is 0 Å². The lowest BCUT2D eigenvalue weighted by Crippen LogP contribution is -2.29. The van der Waals surface area contributed by atoms with Crippen molar-refractivity contribution < 1.29 is 4.57 Å². The quantitative estimate of drug-likeness (QED) is 0.407. The zero-order chi connectivity index (χ0) is 11.7. The summed E-state index contributed by atoms with van der Waals surface area (Å²) < 4.78 is 4.40. The molecule has 0 amide bonds. The zero-order valence-corrected chi connectivity index (χ0v) is 9.30. The van der Waals surface area contributed by atoms with Crippen LogP contribution in [0.25, 0.3) is 5.41 Å². The molecule has 1 rings (SSSR count). The van der Waals surface area contributed by atoms with Crippen LogP contribution in [0.1, 0.15) is 19.2 Å². The third kappa shape index (κ3) is 4.75. The summed E-state index contributed by atoms with van der Waals surface area (Å²) in [6.45, 7) is 5.46. The highest BCUT2D eigenvalue weighted by Crippen LogP contribution is 1.93. The number of aliphatic imine (C=N–C) groups is 1. The summed E-state index contributed by atoms with van der Waals surface area (Å²) in [5.41, 5.74) is 0. The molecule has 0 aromatic carbocycles. The zero-order valence-electron chi connectivity index (χ0n) is 9.30. The number of hydrogen-bond donors (Lipinski definition) is 0. The second-order valence-electron chi connectivity index (χ2n) is 2.96. The van der Waals surface area contributed by atoms with Crippen molar-refractivity contribution in [1.82, 2.24) is 4.57 Å². The van der Waals surface area contributed by atoms with Crippen LogP contribution in [0.15, 0.2) is 17.4 Å². The molecule has 0 saturated carbocycles. The van der Waals surface area contributed by atoms with Crippen LogP contribution in [-0.4, -0.2) is 10.6 Å². The summed E-state index contributed by atoms with van der Waals surface area (Å²) in [6.07, 6.45) is 6.70. The molecule has 5 nitrogen and oxygen atoms in total. The number of nitrogens with zero attached hydrogens (tertiary/aromatic N) is 5. The van der Waals surface area contributed by atoms with Gasteiger partial charge in [-0.25, -0.2) is 9.13 Å². The molecule has 0 radical (unpaired) electrons. The van der Waals surface area contributed by atoms with E-state index in [1.807, 2.05) is 0 Å². The summed E-state index contributed by atoms with van der Waals surface area (Å²) >= 11 is 0. The first-order valence-corrected chi connectivity index (χ1v) is 4.66. The van der Waals surface area contributed by atoms with Gasteiger partial charge in [-0.05, 0) is 6.42 Å². The second kappa shape index (κ2) is 7.48. The minimum atomic E-state index is 1.13. The summed E-state index contributed by atoms with van der Waals surface area (Å²) in [6, 6.07) is 1.28. The predicted molar refractivity (Wildman–Crippen MR) is 57.0 cm³/mol. The lowest BCUT2D eigenvalue weighted by Gasteiger charge is -1.93. The van der Waals surface area contributed by atoms with Crippen molar-refractivity contribution >= 4 is 6.01 Å². The van der Waals surface area contributed by atoms with E-state index < -0.39 is 0 Å². The van der Waals surface area contributed by atoms with Gasteiger partial charge < -0.3 is 10.4 Å². The predicted octanol–water partition coefficient (Wildman–Crippen LogP) is 1.24. The summed E-state index contributed by atoms with van der Waals surface area (Å²) in [4.78, 5) is 2.58. The Morgan fingerprint density at radius 2 is 2.33 bits per heavy atom. The largest absolute Gasteiger partial charge is 0.422 e. The van der Waals surface area contributed by atoms with E-state index in [1.54, 1.807) is 0 Å². The van der Waals surface area contributed by atoms with Crippen molar-refractivity contribution in [2.75, 3.05) is 0 Å². The maximum atomic E-state index is 7.43. The van der Waals surface area contributed by atoms with Crippen molar-refractivity contribution in [2.24, 2.45) is 12.0 Å². The van der Waals surface area contributed by atoms with Gasteiger partial charge in [0.25, 0.3) is 5.82 Å². The molecule has 1 heterocycles. The molecule has 0 aliphatic heterocycles. The fraction of sp³-hybridized carbons (Fsp3) is 0.500. The van der Waals surface area contributed by atoms with Crippen LogP contribution in [0.5, 0.6) is 0 Å². The Balaban J connectivity index is 0.000000336. The van der Waals surface area contributed by atoms with E-state index in [0.29, 0.717) is 0 Å². The molecule has 0 aliphatic rings. The molecule has 0 spiro atoms. The minimum absolute atomic E-state index is 1.13. The third-order valence-corrected chi connectivity index (χ3v) is 1.96. The van der Waals surface area contributed by atoms with E-state index in [2.05, 4.69) is 47.4 Å². The number of rotatable bonds is 2.